The van der Waals surface area contributed by atoms with Crippen LogP contribution in [0.2, 0.25) is 0 Å². The standard InChI is InChI=1S/C23H22N8OS/c1-16-15-30(11-10-25-16)20-8-6-19(7-9-20)28-23-26-13-18-14-27-31(22(18)29-23)33(32)21-5-3-2-4-17(21)12-24/h2-9,13-14,16,25H,10-11,15H2,1H3,(H,26,28,29)/t16-,33?/m1/s1. The molecule has 0 radical (unpaired) electrons. The molecule has 10 heteroatoms. The first-order chi connectivity index (χ1) is 16.1. The fraction of sp³-hybridized carbons (Fsp3) is 0.217. The highest BCUT2D eigenvalue weighted by molar-refractivity contribution is 7.83. The van der Waals surface area contributed by atoms with E-state index < -0.39 is 11.0 Å². The number of nitrogens with zero attached hydrogens (tertiary/aromatic N) is 6. The van der Waals surface area contributed by atoms with E-state index in [1.807, 2.05) is 12.1 Å². The minimum Gasteiger partial charge on any atom is -0.369 e. The lowest BCUT2D eigenvalue weighted by molar-refractivity contribution is 0.485. The maximum Gasteiger partial charge on any atom is 0.229 e. The van der Waals surface area contributed by atoms with Crippen LogP contribution in [0.1, 0.15) is 12.5 Å². The summed E-state index contributed by atoms with van der Waals surface area (Å²) in [5, 5.41) is 20.9. The topological polar surface area (TPSA) is 112 Å². The van der Waals surface area contributed by atoms with E-state index in [0.29, 0.717) is 33.5 Å². The molecule has 2 N–H and O–H groups in total. The predicted octanol–water partition coefficient (Wildman–Crippen LogP) is 2.81. The number of fused-ring (bicyclic) bond motifs is 1. The number of piperazine rings is 1. The first-order valence-electron chi connectivity index (χ1n) is 10.6. The van der Waals surface area contributed by atoms with E-state index in [1.54, 1.807) is 36.7 Å². The van der Waals surface area contributed by atoms with Gasteiger partial charge in [0.2, 0.25) is 5.95 Å². The summed E-state index contributed by atoms with van der Waals surface area (Å²) in [6.07, 6.45) is 3.20. The average Bonchev–Trinajstić information content (AvgIpc) is 3.27. The summed E-state index contributed by atoms with van der Waals surface area (Å²) in [5.41, 5.74) is 2.79. The fourth-order valence-corrected chi connectivity index (χ4v) is 4.95. The molecule has 1 aliphatic rings. The Kier molecular flexibility index (Phi) is 5.73. The van der Waals surface area contributed by atoms with Gasteiger partial charge in [0.15, 0.2) is 16.6 Å². The molecule has 1 saturated heterocycles. The monoisotopic (exact) mass is 458 g/mol. The highest BCUT2D eigenvalue weighted by Gasteiger charge is 2.18. The third-order valence-electron chi connectivity index (χ3n) is 5.49. The molecule has 9 nitrogen and oxygen atoms in total. The minimum absolute atomic E-state index is 0.339. The van der Waals surface area contributed by atoms with Crippen molar-refractivity contribution in [2.24, 2.45) is 0 Å². The van der Waals surface area contributed by atoms with Crippen LogP contribution in [0.15, 0.2) is 65.8 Å². The van der Waals surface area contributed by atoms with Gasteiger partial charge in [0.25, 0.3) is 0 Å². The van der Waals surface area contributed by atoms with Gasteiger partial charge in [-0.05, 0) is 43.3 Å². The second-order valence-electron chi connectivity index (χ2n) is 7.82. The minimum atomic E-state index is -1.71. The fourth-order valence-electron chi connectivity index (χ4n) is 3.83. The molecule has 0 spiro atoms. The highest BCUT2D eigenvalue weighted by atomic mass is 32.2. The van der Waals surface area contributed by atoms with Gasteiger partial charge in [0.05, 0.1) is 22.0 Å². The first-order valence-corrected chi connectivity index (χ1v) is 11.7. The summed E-state index contributed by atoms with van der Waals surface area (Å²) in [7, 11) is -1.71. The van der Waals surface area contributed by atoms with Gasteiger partial charge in [-0.3, -0.25) is 0 Å². The molecule has 33 heavy (non-hydrogen) atoms. The third kappa shape index (κ3) is 4.28. The Morgan fingerprint density at radius 1 is 1.18 bits per heavy atom. The zero-order valence-corrected chi connectivity index (χ0v) is 18.8. The van der Waals surface area contributed by atoms with Gasteiger partial charge in [-0.25, -0.2) is 9.19 Å². The number of aromatic nitrogens is 4. The predicted molar refractivity (Wildman–Crippen MR) is 128 cm³/mol. The smallest absolute Gasteiger partial charge is 0.229 e. The summed E-state index contributed by atoms with van der Waals surface area (Å²) in [4.78, 5) is 11.6. The van der Waals surface area contributed by atoms with Gasteiger partial charge in [0, 0.05) is 43.2 Å². The van der Waals surface area contributed by atoms with Gasteiger partial charge in [-0.2, -0.15) is 19.4 Å². The molecule has 1 unspecified atom stereocenters. The average molecular weight is 459 g/mol. The SMILES string of the molecule is C[C@@H]1CN(c2ccc(Nc3ncc4cnn(S(=O)c5ccccc5C#N)c4n3)cc2)CCN1. The molecule has 0 bridgehead atoms. The Bertz CT molecular complexity index is 1360. The van der Waals surface area contributed by atoms with E-state index in [2.05, 4.69) is 55.7 Å². The molecular formula is C23H22N8OS. The lowest BCUT2D eigenvalue weighted by Gasteiger charge is -2.33. The Hall–Kier alpha value is -3.81. The number of benzene rings is 2. The van der Waals surface area contributed by atoms with Crippen LogP contribution in [0, 0.1) is 11.3 Å². The summed E-state index contributed by atoms with van der Waals surface area (Å²) in [5.74, 6) is 0.373. The molecule has 0 amide bonds. The van der Waals surface area contributed by atoms with Crippen LogP contribution in [0.5, 0.6) is 0 Å². The summed E-state index contributed by atoms with van der Waals surface area (Å²) >= 11 is 0. The van der Waals surface area contributed by atoms with E-state index in [-0.39, 0.29) is 0 Å². The largest absolute Gasteiger partial charge is 0.369 e. The quantitative estimate of drug-likeness (QED) is 0.470. The molecule has 1 aliphatic heterocycles. The van der Waals surface area contributed by atoms with Crippen LogP contribution >= 0.6 is 0 Å². The van der Waals surface area contributed by atoms with Crippen molar-refractivity contribution in [3.63, 3.8) is 0 Å². The molecule has 4 aromatic rings. The van der Waals surface area contributed by atoms with Crippen molar-refractivity contribution < 1.29 is 4.21 Å². The Morgan fingerprint density at radius 2 is 2.00 bits per heavy atom. The Balaban J connectivity index is 1.39. The summed E-state index contributed by atoms with van der Waals surface area (Å²) in [6, 6.07) is 17.5. The molecule has 0 aliphatic carbocycles. The van der Waals surface area contributed by atoms with Crippen LogP contribution in [0.3, 0.4) is 0 Å². The highest BCUT2D eigenvalue weighted by Crippen LogP contribution is 2.23. The van der Waals surface area contributed by atoms with Gasteiger partial charge in [-0.1, -0.05) is 12.1 Å². The molecule has 0 saturated carbocycles. The van der Waals surface area contributed by atoms with Gasteiger partial charge < -0.3 is 15.5 Å². The number of nitriles is 1. The van der Waals surface area contributed by atoms with Crippen molar-refractivity contribution in [3.8, 4) is 6.07 Å². The summed E-state index contributed by atoms with van der Waals surface area (Å²) in [6.45, 7) is 5.12. The molecule has 2 atom stereocenters. The molecule has 2 aromatic heterocycles. The maximum absolute atomic E-state index is 13.2. The van der Waals surface area contributed by atoms with Crippen molar-refractivity contribution in [1.82, 2.24) is 24.5 Å². The Labute approximate surface area is 193 Å². The number of hydrogen-bond donors (Lipinski definition) is 2. The Morgan fingerprint density at radius 3 is 2.79 bits per heavy atom. The zero-order chi connectivity index (χ0) is 22.8. The molecule has 166 valence electrons. The zero-order valence-electron chi connectivity index (χ0n) is 18.0. The number of rotatable bonds is 5. The van der Waals surface area contributed by atoms with Crippen LogP contribution < -0.4 is 15.5 Å². The van der Waals surface area contributed by atoms with Crippen molar-refractivity contribution in [1.29, 1.82) is 5.26 Å². The maximum atomic E-state index is 13.2. The van der Waals surface area contributed by atoms with Crippen LogP contribution in [-0.2, 0) is 11.0 Å². The second-order valence-corrected chi connectivity index (χ2v) is 9.10. The summed E-state index contributed by atoms with van der Waals surface area (Å²) < 4.78 is 14.5. The van der Waals surface area contributed by atoms with Crippen molar-refractivity contribution in [2.45, 2.75) is 17.9 Å². The van der Waals surface area contributed by atoms with E-state index in [0.717, 1.165) is 25.3 Å². The van der Waals surface area contributed by atoms with E-state index in [9.17, 15) is 9.47 Å². The number of hydrogen-bond acceptors (Lipinski definition) is 8. The molecular weight excluding hydrogens is 436 g/mol. The molecule has 3 heterocycles. The van der Waals surface area contributed by atoms with E-state index in [1.165, 1.54) is 9.77 Å². The molecule has 2 aromatic carbocycles. The molecule has 5 rings (SSSR count). The first kappa shape index (κ1) is 21.1. The van der Waals surface area contributed by atoms with Gasteiger partial charge in [-0.15, -0.1) is 0 Å². The number of anilines is 3. The number of nitrogens with one attached hydrogen (secondary N) is 2. The van der Waals surface area contributed by atoms with Crippen molar-refractivity contribution in [3.05, 3.63) is 66.5 Å². The van der Waals surface area contributed by atoms with E-state index >= 15 is 0 Å². The van der Waals surface area contributed by atoms with Crippen LogP contribution in [0.4, 0.5) is 17.3 Å². The van der Waals surface area contributed by atoms with Crippen LogP contribution in [-0.4, -0.2) is 49.0 Å². The van der Waals surface area contributed by atoms with E-state index in [4.69, 9.17) is 0 Å². The normalized spacial score (nSPS) is 17.0. The lowest BCUT2D eigenvalue weighted by Crippen LogP contribution is -2.49. The van der Waals surface area contributed by atoms with Crippen molar-refractivity contribution in [2.75, 3.05) is 29.9 Å². The lowest BCUT2D eigenvalue weighted by atomic mass is 10.2. The van der Waals surface area contributed by atoms with Crippen molar-refractivity contribution >= 4 is 39.3 Å². The second kappa shape index (κ2) is 8.97. The van der Waals surface area contributed by atoms with Crippen LogP contribution in [0.25, 0.3) is 11.0 Å². The van der Waals surface area contributed by atoms with Gasteiger partial charge >= 0.3 is 0 Å². The van der Waals surface area contributed by atoms with Gasteiger partial charge in [0.1, 0.15) is 6.07 Å². The third-order valence-corrected chi connectivity index (χ3v) is 6.80. The molecule has 1 fully saturated rings.